The third kappa shape index (κ3) is 21.9. The number of hydrogen-bond acceptors (Lipinski definition) is 18. The molecule has 3 heterocycles. The summed E-state index contributed by atoms with van der Waals surface area (Å²) in [6.45, 7) is 1.60. The lowest BCUT2D eigenvalue weighted by molar-refractivity contribution is -0.379. The van der Waals surface area contributed by atoms with Crippen molar-refractivity contribution in [3.8, 4) is 0 Å². The van der Waals surface area contributed by atoms with Gasteiger partial charge in [0.15, 0.2) is 18.9 Å². The van der Waals surface area contributed by atoms with E-state index < -0.39 is 124 Å². The highest BCUT2D eigenvalue weighted by Gasteiger charge is 2.53. The number of rotatable bonds is 39. The van der Waals surface area contributed by atoms with Gasteiger partial charge in [-0.1, -0.05) is 168 Å². The summed E-state index contributed by atoms with van der Waals surface area (Å²) in [5, 5.41) is 119. The molecule has 0 aromatic heterocycles. The zero-order valence-corrected chi connectivity index (χ0v) is 42.5. The average Bonchev–Trinajstić information content (AvgIpc) is 3.35. The van der Waals surface area contributed by atoms with Crippen LogP contribution in [0.1, 0.15) is 187 Å². The van der Waals surface area contributed by atoms with Crippen molar-refractivity contribution in [1.82, 2.24) is 5.32 Å². The zero-order valence-electron chi connectivity index (χ0n) is 42.5. The molecule has 0 saturated carbocycles. The largest absolute Gasteiger partial charge is 0.394 e. The van der Waals surface area contributed by atoms with Crippen LogP contribution in [-0.2, 0) is 33.2 Å². The Morgan fingerprint density at radius 2 is 0.814 bits per heavy atom. The first-order valence-electron chi connectivity index (χ1n) is 27.3. The minimum atomic E-state index is -1.97. The molecule has 70 heavy (non-hydrogen) atoms. The standard InChI is InChI=1S/C51H97NO18/c1-3-5-7-8-9-10-11-12-13-14-15-16-17-18-19-20-21-22-23-24-25-27-29-39(57)52-34(35(56)28-26-6-4-2)33-65-49-45(63)42(60)47(37(31-54)67-49)70-51-46(64)43(61)48(38(32-55)68-51)69-50-44(62)41(59)40(58)36(30-53)66-50/h34-38,40-51,53-56,58-64H,3-33H2,1-2H3,(H,52,57). The monoisotopic (exact) mass is 1010 g/mol. The van der Waals surface area contributed by atoms with Gasteiger partial charge < -0.3 is 89.9 Å². The van der Waals surface area contributed by atoms with E-state index in [9.17, 15) is 61.0 Å². The molecule has 3 aliphatic rings. The Balaban J connectivity index is 1.37. The van der Waals surface area contributed by atoms with Crippen LogP contribution < -0.4 is 5.32 Å². The van der Waals surface area contributed by atoms with Crippen LogP contribution in [0.25, 0.3) is 0 Å². The minimum Gasteiger partial charge on any atom is -0.394 e. The van der Waals surface area contributed by atoms with E-state index in [-0.39, 0.29) is 18.9 Å². The second-order valence-electron chi connectivity index (χ2n) is 20.1. The Morgan fingerprint density at radius 1 is 0.457 bits per heavy atom. The summed E-state index contributed by atoms with van der Waals surface area (Å²) in [7, 11) is 0. The molecule has 17 atom stereocenters. The second-order valence-corrected chi connectivity index (χ2v) is 20.1. The molecular formula is C51H97NO18. The fourth-order valence-corrected chi connectivity index (χ4v) is 9.61. The third-order valence-corrected chi connectivity index (χ3v) is 14.2. The lowest BCUT2D eigenvalue weighted by atomic mass is 9.96. The molecule has 0 aliphatic carbocycles. The third-order valence-electron chi connectivity index (χ3n) is 14.2. The molecule has 0 aromatic carbocycles. The predicted molar refractivity (Wildman–Crippen MR) is 259 cm³/mol. The van der Waals surface area contributed by atoms with Crippen molar-refractivity contribution < 1.29 is 89.4 Å². The number of unbranched alkanes of at least 4 members (excludes halogenated alkanes) is 23. The zero-order chi connectivity index (χ0) is 51.3. The Morgan fingerprint density at radius 3 is 1.24 bits per heavy atom. The van der Waals surface area contributed by atoms with E-state index in [4.69, 9.17) is 28.4 Å². The van der Waals surface area contributed by atoms with E-state index in [1.807, 2.05) is 6.92 Å². The van der Waals surface area contributed by atoms with Crippen LogP contribution in [0, 0.1) is 0 Å². The number of hydrogen-bond donors (Lipinski definition) is 12. The molecule has 1 amide bonds. The predicted octanol–water partition coefficient (Wildman–Crippen LogP) is 2.87. The van der Waals surface area contributed by atoms with Gasteiger partial charge in [-0.3, -0.25) is 4.79 Å². The van der Waals surface area contributed by atoms with Gasteiger partial charge in [0.1, 0.15) is 73.2 Å². The van der Waals surface area contributed by atoms with Gasteiger partial charge in [0.25, 0.3) is 0 Å². The van der Waals surface area contributed by atoms with Crippen LogP contribution in [0.15, 0.2) is 0 Å². The number of nitrogens with one attached hydrogen (secondary N) is 1. The Labute approximate surface area is 417 Å². The molecule has 3 rings (SSSR count). The van der Waals surface area contributed by atoms with E-state index in [0.717, 1.165) is 32.1 Å². The number of ether oxygens (including phenoxy) is 6. The fourth-order valence-electron chi connectivity index (χ4n) is 9.61. The van der Waals surface area contributed by atoms with E-state index in [0.29, 0.717) is 19.3 Å². The van der Waals surface area contributed by atoms with Crippen molar-refractivity contribution in [3.63, 3.8) is 0 Å². The van der Waals surface area contributed by atoms with Crippen LogP contribution in [-0.4, -0.2) is 193 Å². The molecule has 0 radical (unpaired) electrons. The second kappa shape index (κ2) is 36.7. The lowest BCUT2D eigenvalue weighted by Gasteiger charge is -2.48. The van der Waals surface area contributed by atoms with Gasteiger partial charge in [-0.25, -0.2) is 0 Å². The first-order valence-corrected chi connectivity index (χ1v) is 27.3. The number of carbonyl (C=O) groups is 1. The Kier molecular flexibility index (Phi) is 33.1. The van der Waals surface area contributed by atoms with Crippen LogP contribution in [0.3, 0.4) is 0 Å². The molecule has 0 spiro atoms. The first kappa shape index (κ1) is 63.1. The Hall–Kier alpha value is -1.21. The van der Waals surface area contributed by atoms with Crippen molar-refractivity contribution in [2.24, 2.45) is 0 Å². The topological polar surface area (TPSA) is 307 Å². The highest BCUT2D eigenvalue weighted by atomic mass is 16.8. The van der Waals surface area contributed by atoms with Crippen LogP contribution in [0.2, 0.25) is 0 Å². The van der Waals surface area contributed by atoms with Crippen molar-refractivity contribution in [3.05, 3.63) is 0 Å². The lowest BCUT2D eigenvalue weighted by Crippen LogP contribution is -2.66. The average molecular weight is 1010 g/mol. The normalized spacial score (nSPS) is 32.5. The molecule has 19 heteroatoms. The van der Waals surface area contributed by atoms with Gasteiger partial charge in [-0.05, 0) is 12.8 Å². The molecule has 0 aromatic rings. The summed E-state index contributed by atoms with van der Waals surface area (Å²) < 4.78 is 34.0. The van der Waals surface area contributed by atoms with Crippen molar-refractivity contribution in [2.75, 3.05) is 26.4 Å². The number of aliphatic hydroxyl groups is 11. The summed E-state index contributed by atoms with van der Waals surface area (Å²) in [5.74, 6) is -0.251. The van der Waals surface area contributed by atoms with Crippen LogP contribution in [0.5, 0.6) is 0 Å². The van der Waals surface area contributed by atoms with Gasteiger partial charge >= 0.3 is 0 Å². The van der Waals surface area contributed by atoms with Gasteiger partial charge in [-0.15, -0.1) is 0 Å². The summed E-state index contributed by atoms with van der Waals surface area (Å²) in [6, 6.07) is -0.876. The number of amides is 1. The van der Waals surface area contributed by atoms with E-state index in [1.54, 1.807) is 0 Å². The molecule has 12 N–H and O–H groups in total. The minimum absolute atomic E-state index is 0.251. The summed E-state index contributed by atoms with van der Waals surface area (Å²) in [4.78, 5) is 13.1. The SMILES string of the molecule is CCCCCCCCCCCCCCCCCCCCCCCCC(=O)NC(COC1OC(CO)C(OC2OC(CO)C(OC3OC(CO)C(O)C(O)C3O)C(O)C2O)C(O)C1O)C(O)CCCCC. The molecule has 19 nitrogen and oxygen atoms in total. The highest BCUT2D eigenvalue weighted by Crippen LogP contribution is 2.33. The van der Waals surface area contributed by atoms with Crippen LogP contribution in [0.4, 0.5) is 0 Å². The molecular weight excluding hydrogens is 915 g/mol. The highest BCUT2D eigenvalue weighted by molar-refractivity contribution is 5.76. The van der Waals surface area contributed by atoms with Gasteiger partial charge in [0, 0.05) is 6.42 Å². The van der Waals surface area contributed by atoms with Crippen LogP contribution >= 0.6 is 0 Å². The van der Waals surface area contributed by atoms with E-state index >= 15 is 0 Å². The van der Waals surface area contributed by atoms with E-state index in [1.165, 1.54) is 116 Å². The first-order chi connectivity index (χ1) is 33.8. The fraction of sp³-hybridized carbons (Fsp3) is 0.980. The van der Waals surface area contributed by atoms with Crippen molar-refractivity contribution >= 4 is 5.91 Å². The maximum atomic E-state index is 13.1. The number of carbonyl (C=O) groups excluding carboxylic acids is 1. The number of aliphatic hydroxyl groups excluding tert-OH is 11. The molecule has 414 valence electrons. The molecule has 3 aliphatic heterocycles. The molecule has 3 fully saturated rings. The summed E-state index contributed by atoms with van der Waals surface area (Å²) in [6.07, 6.45) is 4.79. The Bertz CT molecular complexity index is 1300. The summed E-state index contributed by atoms with van der Waals surface area (Å²) in [5.41, 5.74) is 0. The van der Waals surface area contributed by atoms with Crippen molar-refractivity contribution in [1.29, 1.82) is 0 Å². The van der Waals surface area contributed by atoms with E-state index in [2.05, 4.69) is 12.2 Å². The molecule has 0 bridgehead atoms. The maximum Gasteiger partial charge on any atom is 0.220 e. The summed E-state index contributed by atoms with van der Waals surface area (Å²) >= 11 is 0. The quantitative estimate of drug-likeness (QED) is 0.0394. The maximum absolute atomic E-state index is 13.1. The smallest absolute Gasteiger partial charge is 0.220 e. The van der Waals surface area contributed by atoms with Gasteiger partial charge in [0.2, 0.25) is 5.91 Å². The molecule has 3 saturated heterocycles. The van der Waals surface area contributed by atoms with Gasteiger partial charge in [-0.2, -0.15) is 0 Å². The van der Waals surface area contributed by atoms with Gasteiger partial charge in [0.05, 0.1) is 38.6 Å². The molecule has 17 unspecified atom stereocenters. The van der Waals surface area contributed by atoms with Crippen molar-refractivity contribution in [2.45, 2.75) is 291 Å².